The van der Waals surface area contributed by atoms with Crippen LogP contribution in [-0.2, 0) is 16.6 Å². The summed E-state index contributed by atoms with van der Waals surface area (Å²) in [5.74, 6) is -0.879. The van der Waals surface area contributed by atoms with Crippen LogP contribution in [0.3, 0.4) is 0 Å². The van der Waals surface area contributed by atoms with Crippen molar-refractivity contribution in [2.45, 2.75) is 30.9 Å². The Bertz CT molecular complexity index is 618. The fraction of sp³-hybridized carbons (Fsp3) is 0.538. The molecule has 0 saturated carbocycles. The van der Waals surface area contributed by atoms with E-state index < -0.39 is 28.0 Å². The molecule has 0 unspecified atom stereocenters. The van der Waals surface area contributed by atoms with Crippen LogP contribution < -0.4 is 4.72 Å². The lowest BCUT2D eigenvalue weighted by molar-refractivity contribution is 0.199. The molecule has 0 spiro atoms. The summed E-state index contributed by atoms with van der Waals surface area (Å²) in [6.07, 6.45) is 0. The summed E-state index contributed by atoms with van der Waals surface area (Å²) in [5, 5.41) is 8.82. The van der Waals surface area contributed by atoms with E-state index in [1.165, 1.54) is 0 Å². The highest BCUT2D eigenvalue weighted by atomic mass is 35.5. The van der Waals surface area contributed by atoms with E-state index in [9.17, 15) is 12.8 Å². The Morgan fingerprint density at radius 3 is 2.43 bits per heavy atom. The van der Waals surface area contributed by atoms with Gasteiger partial charge in [-0.1, -0.05) is 11.6 Å². The van der Waals surface area contributed by atoms with Gasteiger partial charge in [0.1, 0.15) is 5.82 Å². The zero-order chi connectivity index (χ0) is 16.4. The number of nitrogens with zero attached hydrogens (tertiary/aromatic N) is 1. The highest BCUT2D eigenvalue weighted by molar-refractivity contribution is 7.89. The SMILES string of the molecule is CN(C)C(C)(C)CNS(=O)(=O)c1cc(F)c(Cl)c(CO)c1. The molecule has 0 fully saturated rings. The van der Waals surface area contributed by atoms with Gasteiger partial charge in [-0.2, -0.15) is 0 Å². The Balaban J connectivity index is 3.07. The summed E-state index contributed by atoms with van der Waals surface area (Å²) in [5.41, 5.74) is -0.374. The van der Waals surface area contributed by atoms with Crippen molar-refractivity contribution < 1.29 is 17.9 Å². The third-order valence-electron chi connectivity index (χ3n) is 3.46. The Morgan fingerprint density at radius 1 is 1.38 bits per heavy atom. The number of aliphatic hydroxyl groups excluding tert-OH is 1. The number of halogens is 2. The number of likely N-dealkylation sites (N-methyl/N-ethyl adjacent to an activating group) is 1. The first kappa shape index (κ1) is 18.3. The molecule has 1 aromatic carbocycles. The summed E-state index contributed by atoms with van der Waals surface area (Å²) < 4.78 is 40.5. The van der Waals surface area contributed by atoms with Crippen LogP contribution in [0.25, 0.3) is 0 Å². The molecule has 0 radical (unpaired) electrons. The predicted octanol–water partition coefficient (Wildman–Crippen LogP) is 1.59. The molecule has 0 atom stereocenters. The van der Waals surface area contributed by atoms with Crippen LogP contribution in [0.2, 0.25) is 5.02 Å². The standard InChI is InChI=1S/C13H20ClFN2O3S/c1-13(2,17(3)4)8-16-21(19,20)10-5-9(7-18)12(14)11(15)6-10/h5-6,16,18H,7-8H2,1-4H3. The molecule has 0 bridgehead atoms. The number of hydrogen-bond donors (Lipinski definition) is 2. The van der Waals surface area contributed by atoms with E-state index in [1.54, 1.807) is 0 Å². The van der Waals surface area contributed by atoms with E-state index in [4.69, 9.17) is 16.7 Å². The Hall–Kier alpha value is -0.730. The molecule has 0 heterocycles. The highest BCUT2D eigenvalue weighted by Crippen LogP contribution is 2.24. The minimum atomic E-state index is -3.89. The highest BCUT2D eigenvalue weighted by Gasteiger charge is 2.25. The van der Waals surface area contributed by atoms with E-state index in [0.717, 1.165) is 12.1 Å². The number of nitrogens with one attached hydrogen (secondary N) is 1. The predicted molar refractivity (Wildman–Crippen MR) is 80.3 cm³/mol. The van der Waals surface area contributed by atoms with Crippen molar-refractivity contribution in [3.05, 3.63) is 28.5 Å². The average Bonchev–Trinajstić information content (AvgIpc) is 2.39. The lowest BCUT2D eigenvalue weighted by Crippen LogP contribution is -2.48. The molecule has 0 amide bonds. The van der Waals surface area contributed by atoms with Gasteiger partial charge < -0.3 is 10.0 Å². The zero-order valence-electron chi connectivity index (χ0n) is 12.4. The molecule has 1 rings (SSSR count). The molecule has 8 heteroatoms. The molecule has 0 aliphatic heterocycles. The van der Waals surface area contributed by atoms with Crippen molar-refractivity contribution in [1.29, 1.82) is 0 Å². The van der Waals surface area contributed by atoms with E-state index in [-0.39, 0.29) is 22.0 Å². The van der Waals surface area contributed by atoms with Gasteiger partial charge in [-0.15, -0.1) is 0 Å². The molecule has 5 nitrogen and oxygen atoms in total. The lowest BCUT2D eigenvalue weighted by atomic mass is 10.1. The summed E-state index contributed by atoms with van der Waals surface area (Å²) in [7, 11) is -0.218. The van der Waals surface area contributed by atoms with Gasteiger partial charge in [0, 0.05) is 17.6 Å². The summed E-state index contributed by atoms with van der Waals surface area (Å²) in [4.78, 5) is 1.61. The molecule has 0 aliphatic rings. The summed E-state index contributed by atoms with van der Waals surface area (Å²) >= 11 is 5.65. The van der Waals surface area contributed by atoms with Gasteiger partial charge in [-0.05, 0) is 40.1 Å². The lowest BCUT2D eigenvalue weighted by Gasteiger charge is -2.32. The van der Waals surface area contributed by atoms with E-state index >= 15 is 0 Å². The van der Waals surface area contributed by atoms with Gasteiger partial charge in [0.2, 0.25) is 10.0 Å². The number of rotatable bonds is 6. The summed E-state index contributed by atoms with van der Waals surface area (Å²) in [6, 6.07) is 2.00. The number of aliphatic hydroxyl groups is 1. The van der Waals surface area contributed by atoms with Crippen LogP contribution in [0.5, 0.6) is 0 Å². The van der Waals surface area contributed by atoms with Crippen molar-refractivity contribution >= 4 is 21.6 Å². The normalized spacial score (nSPS) is 13.0. The molecule has 21 heavy (non-hydrogen) atoms. The maximum Gasteiger partial charge on any atom is 0.240 e. The maximum absolute atomic E-state index is 13.6. The monoisotopic (exact) mass is 338 g/mol. The minimum absolute atomic E-state index is 0.0314. The van der Waals surface area contributed by atoms with Gasteiger partial charge >= 0.3 is 0 Å². The maximum atomic E-state index is 13.6. The Kier molecular flexibility index (Phi) is 5.74. The molecular formula is C13H20ClFN2O3S. The first-order chi connectivity index (χ1) is 9.51. The second-order valence-corrected chi connectivity index (χ2v) is 7.71. The van der Waals surface area contributed by atoms with Gasteiger partial charge in [0.25, 0.3) is 0 Å². The van der Waals surface area contributed by atoms with Crippen molar-refractivity contribution in [3.8, 4) is 0 Å². The molecule has 0 aliphatic carbocycles. The third kappa shape index (κ3) is 4.37. The Morgan fingerprint density at radius 2 is 1.95 bits per heavy atom. The first-order valence-corrected chi connectivity index (χ1v) is 8.13. The second kappa shape index (κ2) is 6.58. The fourth-order valence-electron chi connectivity index (χ4n) is 1.40. The van der Waals surface area contributed by atoms with Crippen LogP contribution in [0.1, 0.15) is 19.4 Å². The van der Waals surface area contributed by atoms with Gasteiger partial charge in [-0.3, -0.25) is 0 Å². The van der Waals surface area contributed by atoms with Gasteiger partial charge in [0.05, 0.1) is 16.5 Å². The fourth-order valence-corrected chi connectivity index (χ4v) is 2.84. The smallest absolute Gasteiger partial charge is 0.240 e. The van der Waals surface area contributed by atoms with Crippen molar-refractivity contribution in [3.63, 3.8) is 0 Å². The van der Waals surface area contributed by atoms with Crippen LogP contribution in [-0.4, -0.2) is 44.6 Å². The molecule has 0 aromatic heterocycles. The minimum Gasteiger partial charge on any atom is -0.392 e. The zero-order valence-corrected chi connectivity index (χ0v) is 14.0. The van der Waals surface area contributed by atoms with E-state index in [0.29, 0.717) is 0 Å². The number of benzene rings is 1. The van der Waals surface area contributed by atoms with Crippen LogP contribution in [0, 0.1) is 5.82 Å². The first-order valence-electron chi connectivity index (χ1n) is 6.27. The number of hydrogen-bond acceptors (Lipinski definition) is 4. The van der Waals surface area contributed by atoms with Crippen molar-refractivity contribution in [2.75, 3.05) is 20.6 Å². The number of sulfonamides is 1. The molecule has 2 N–H and O–H groups in total. The second-order valence-electron chi connectivity index (χ2n) is 5.57. The molecule has 1 aromatic rings. The molecule has 120 valence electrons. The quantitative estimate of drug-likeness (QED) is 0.826. The van der Waals surface area contributed by atoms with Crippen molar-refractivity contribution in [2.24, 2.45) is 0 Å². The average molecular weight is 339 g/mol. The molecule has 0 saturated heterocycles. The van der Waals surface area contributed by atoms with Gasteiger partial charge in [0.15, 0.2) is 0 Å². The third-order valence-corrected chi connectivity index (χ3v) is 5.27. The topological polar surface area (TPSA) is 69.6 Å². The van der Waals surface area contributed by atoms with Crippen molar-refractivity contribution in [1.82, 2.24) is 9.62 Å². The van der Waals surface area contributed by atoms with Crippen LogP contribution in [0.15, 0.2) is 17.0 Å². The van der Waals surface area contributed by atoms with E-state index in [2.05, 4.69) is 4.72 Å². The largest absolute Gasteiger partial charge is 0.392 e. The molecular weight excluding hydrogens is 319 g/mol. The van der Waals surface area contributed by atoms with E-state index in [1.807, 2.05) is 32.8 Å². The Labute approximate surface area is 129 Å². The van der Waals surface area contributed by atoms with Crippen LogP contribution >= 0.6 is 11.6 Å². The van der Waals surface area contributed by atoms with Crippen LogP contribution in [0.4, 0.5) is 4.39 Å². The summed E-state index contributed by atoms with van der Waals surface area (Å²) in [6.45, 7) is 3.36. The van der Waals surface area contributed by atoms with Gasteiger partial charge in [-0.25, -0.2) is 17.5 Å².